The molecule has 0 spiro atoms. The maximum absolute atomic E-state index is 4.85. The Morgan fingerprint density at radius 3 is 1.22 bits per heavy atom. The molecule has 0 atom stereocenters. The first-order valence-corrected chi connectivity index (χ1v) is 14.0. The molecular weight excluding hydrogens is 496 g/mol. The van der Waals surface area contributed by atoms with Crippen LogP contribution in [0.4, 0.5) is 0 Å². The van der Waals surface area contributed by atoms with E-state index < -0.39 is 0 Å². The van der Waals surface area contributed by atoms with Gasteiger partial charge in [-0.25, -0.2) is 0 Å². The largest absolute Gasteiger partial charge is 0.256 e. The van der Waals surface area contributed by atoms with Gasteiger partial charge in [0.2, 0.25) is 0 Å². The highest BCUT2D eigenvalue weighted by Crippen LogP contribution is 2.34. The van der Waals surface area contributed by atoms with Crippen molar-refractivity contribution < 1.29 is 0 Å². The molecule has 0 fully saturated rings. The summed E-state index contributed by atoms with van der Waals surface area (Å²) in [7, 11) is 0. The lowest BCUT2D eigenvalue weighted by atomic mass is 9.91. The van der Waals surface area contributed by atoms with Gasteiger partial charge in [-0.1, -0.05) is 97.1 Å². The molecule has 0 amide bonds. The van der Waals surface area contributed by atoms with E-state index in [2.05, 4.69) is 133 Å². The summed E-state index contributed by atoms with van der Waals surface area (Å²) in [4.78, 5) is 9.70. The minimum absolute atomic E-state index is 0.809. The Hall–Kier alpha value is -5.34. The Bertz CT molecular complexity index is 2090. The summed E-state index contributed by atoms with van der Waals surface area (Å²) in [6.07, 6.45) is 4.77. The number of rotatable bonds is 4. The van der Waals surface area contributed by atoms with Gasteiger partial charge in [-0.05, 0) is 86.3 Å². The monoisotopic (exact) mass is 522 g/mol. The molecule has 2 aromatic heterocycles. The molecule has 2 nitrogen and oxygen atoms in total. The van der Waals surface area contributed by atoms with E-state index in [1.165, 1.54) is 43.4 Å². The Balaban J connectivity index is 1.29. The fourth-order valence-electron chi connectivity index (χ4n) is 6.06. The molecule has 2 heteroatoms. The number of hydrogen-bond acceptors (Lipinski definition) is 2. The third-order valence-corrected chi connectivity index (χ3v) is 8.13. The SMILES string of the molecule is c1ccc2cc(-c3cc(Cc4cc(-c5cc6ccccc6cn5)cc5ccccc45)c4ccccc4c3)ncc2c1. The predicted octanol–water partition coefficient (Wildman–Crippen LogP) is 10.0. The summed E-state index contributed by atoms with van der Waals surface area (Å²) in [6, 6.07) is 47.8. The van der Waals surface area contributed by atoms with E-state index in [-0.39, 0.29) is 0 Å². The second-order valence-electron chi connectivity index (χ2n) is 10.7. The maximum atomic E-state index is 4.85. The Morgan fingerprint density at radius 2 is 0.756 bits per heavy atom. The molecule has 0 unspecified atom stereocenters. The van der Waals surface area contributed by atoms with Crippen molar-refractivity contribution in [1.29, 1.82) is 0 Å². The fourth-order valence-corrected chi connectivity index (χ4v) is 6.06. The molecule has 8 aromatic rings. The third kappa shape index (κ3) is 4.31. The minimum atomic E-state index is 0.809. The van der Waals surface area contributed by atoms with Crippen molar-refractivity contribution in [1.82, 2.24) is 9.97 Å². The van der Waals surface area contributed by atoms with Crippen molar-refractivity contribution in [2.75, 3.05) is 0 Å². The van der Waals surface area contributed by atoms with Crippen LogP contribution in [0.3, 0.4) is 0 Å². The smallest absolute Gasteiger partial charge is 0.0708 e. The minimum Gasteiger partial charge on any atom is -0.256 e. The van der Waals surface area contributed by atoms with Gasteiger partial charge in [-0.2, -0.15) is 0 Å². The van der Waals surface area contributed by atoms with E-state index in [4.69, 9.17) is 9.97 Å². The number of fused-ring (bicyclic) bond motifs is 4. The van der Waals surface area contributed by atoms with Crippen LogP contribution in [0.2, 0.25) is 0 Å². The van der Waals surface area contributed by atoms with E-state index >= 15 is 0 Å². The predicted molar refractivity (Wildman–Crippen MR) is 172 cm³/mol. The summed E-state index contributed by atoms with van der Waals surface area (Å²) >= 11 is 0. The fraction of sp³-hybridized carbons (Fsp3) is 0.0256. The molecule has 0 aliphatic heterocycles. The summed E-state index contributed by atoms with van der Waals surface area (Å²) in [5.74, 6) is 0. The van der Waals surface area contributed by atoms with E-state index in [0.717, 1.165) is 39.7 Å². The molecule has 2 heterocycles. The van der Waals surface area contributed by atoms with Crippen LogP contribution in [0.25, 0.3) is 65.6 Å². The van der Waals surface area contributed by atoms with Gasteiger partial charge in [-0.15, -0.1) is 0 Å². The van der Waals surface area contributed by atoms with Crippen LogP contribution < -0.4 is 0 Å². The van der Waals surface area contributed by atoms with Crippen LogP contribution in [0.1, 0.15) is 11.1 Å². The zero-order valence-corrected chi connectivity index (χ0v) is 22.5. The number of hydrogen-bond donors (Lipinski definition) is 0. The molecule has 0 aliphatic rings. The first-order valence-electron chi connectivity index (χ1n) is 14.0. The molecule has 0 saturated heterocycles. The van der Waals surface area contributed by atoms with Gasteiger partial charge < -0.3 is 0 Å². The summed E-state index contributed by atoms with van der Waals surface area (Å²) < 4.78 is 0. The van der Waals surface area contributed by atoms with Crippen LogP contribution in [0.5, 0.6) is 0 Å². The van der Waals surface area contributed by atoms with Gasteiger partial charge in [0.25, 0.3) is 0 Å². The van der Waals surface area contributed by atoms with E-state index in [1.54, 1.807) is 0 Å². The Kier molecular flexibility index (Phi) is 5.56. The van der Waals surface area contributed by atoms with Gasteiger partial charge in [-0.3, -0.25) is 9.97 Å². The summed E-state index contributed by atoms with van der Waals surface area (Å²) in [6.45, 7) is 0. The quantitative estimate of drug-likeness (QED) is 0.230. The molecule has 6 aromatic carbocycles. The molecule has 0 radical (unpaired) electrons. The normalized spacial score (nSPS) is 11.5. The van der Waals surface area contributed by atoms with Crippen LogP contribution in [-0.4, -0.2) is 9.97 Å². The maximum Gasteiger partial charge on any atom is 0.0708 e. The highest BCUT2D eigenvalue weighted by molar-refractivity contribution is 5.95. The lowest BCUT2D eigenvalue weighted by Gasteiger charge is -2.14. The van der Waals surface area contributed by atoms with Gasteiger partial charge in [0.1, 0.15) is 0 Å². The van der Waals surface area contributed by atoms with Gasteiger partial charge in [0, 0.05) is 34.3 Å². The molecule has 0 aliphatic carbocycles. The lowest BCUT2D eigenvalue weighted by molar-refractivity contribution is 1.23. The average molecular weight is 523 g/mol. The third-order valence-electron chi connectivity index (χ3n) is 8.13. The van der Waals surface area contributed by atoms with Crippen LogP contribution in [-0.2, 0) is 6.42 Å². The zero-order valence-electron chi connectivity index (χ0n) is 22.5. The molecule has 0 bridgehead atoms. The summed E-state index contributed by atoms with van der Waals surface area (Å²) in [5, 5.41) is 9.72. The highest BCUT2D eigenvalue weighted by atomic mass is 14.7. The molecule has 0 N–H and O–H groups in total. The molecule has 41 heavy (non-hydrogen) atoms. The van der Waals surface area contributed by atoms with Crippen molar-refractivity contribution >= 4 is 43.1 Å². The Morgan fingerprint density at radius 1 is 0.366 bits per heavy atom. The van der Waals surface area contributed by atoms with Gasteiger partial charge >= 0.3 is 0 Å². The summed E-state index contributed by atoms with van der Waals surface area (Å²) in [5.41, 5.74) is 6.86. The topological polar surface area (TPSA) is 25.8 Å². The highest BCUT2D eigenvalue weighted by Gasteiger charge is 2.13. The first-order chi connectivity index (χ1) is 20.3. The van der Waals surface area contributed by atoms with Gasteiger partial charge in [0.15, 0.2) is 0 Å². The number of nitrogens with zero attached hydrogens (tertiary/aromatic N) is 2. The standard InChI is InChI=1S/C39H26N2/c1-3-13-30-24-40-38(22-26(30)9-1)34-17-28-11-5-7-15-36(28)32(20-34)19-33-21-35(18-29-12-6-8-16-37(29)33)39-23-27-10-2-4-14-31(27)25-41-39/h1-18,20-25H,19H2. The lowest BCUT2D eigenvalue weighted by Crippen LogP contribution is -1.95. The second-order valence-corrected chi connectivity index (χ2v) is 10.7. The number of benzene rings is 6. The number of pyridine rings is 2. The van der Waals surface area contributed by atoms with E-state index in [9.17, 15) is 0 Å². The van der Waals surface area contributed by atoms with Crippen LogP contribution in [0, 0.1) is 0 Å². The molecule has 0 saturated carbocycles. The Labute approximate surface area is 238 Å². The first kappa shape index (κ1) is 23.5. The molecule has 8 rings (SSSR count). The van der Waals surface area contributed by atoms with E-state index in [1.807, 2.05) is 12.4 Å². The zero-order chi connectivity index (χ0) is 27.2. The second kappa shape index (κ2) is 9.69. The van der Waals surface area contributed by atoms with Crippen molar-refractivity contribution in [3.8, 4) is 22.5 Å². The van der Waals surface area contributed by atoms with E-state index in [0.29, 0.717) is 0 Å². The van der Waals surface area contributed by atoms with Crippen molar-refractivity contribution in [3.63, 3.8) is 0 Å². The van der Waals surface area contributed by atoms with Crippen LogP contribution >= 0.6 is 0 Å². The average Bonchev–Trinajstić information content (AvgIpc) is 3.04. The van der Waals surface area contributed by atoms with Crippen LogP contribution in [0.15, 0.2) is 146 Å². The molecule has 192 valence electrons. The van der Waals surface area contributed by atoms with Gasteiger partial charge in [0.05, 0.1) is 11.4 Å². The van der Waals surface area contributed by atoms with Crippen molar-refractivity contribution in [2.45, 2.75) is 6.42 Å². The molecular formula is C39H26N2. The number of aromatic nitrogens is 2. The van der Waals surface area contributed by atoms with Crippen molar-refractivity contribution in [2.24, 2.45) is 0 Å². The van der Waals surface area contributed by atoms with Crippen molar-refractivity contribution in [3.05, 3.63) is 157 Å².